The molecule has 2 nitrogen and oxygen atoms in total. The number of anilines is 2. The second-order valence-corrected chi connectivity index (χ2v) is 4.00. The summed E-state index contributed by atoms with van der Waals surface area (Å²) in [6.07, 6.45) is 0. The van der Waals surface area contributed by atoms with E-state index >= 15 is 0 Å². The number of nitrogen functional groups attached to an aromatic ring is 1. The zero-order chi connectivity index (χ0) is 11.6. The van der Waals surface area contributed by atoms with Crippen molar-refractivity contribution in [1.82, 2.24) is 0 Å². The van der Waals surface area contributed by atoms with Gasteiger partial charge in [0.1, 0.15) is 0 Å². The van der Waals surface area contributed by atoms with Gasteiger partial charge in [-0.2, -0.15) is 0 Å². The van der Waals surface area contributed by atoms with Gasteiger partial charge in [-0.3, -0.25) is 0 Å². The van der Waals surface area contributed by atoms with Gasteiger partial charge in [-0.05, 0) is 25.0 Å². The molecule has 0 radical (unpaired) electrons. The Morgan fingerprint density at radius 1 is 1.20 bits per heavy atom. The minimum atomic E-state index is -0.914. The van der Waals surface area contributed by atoms with Crippen molar-refractivity contribution in [1.29, 1.82) is 0 Å². The molecule has 0 aliphatic heterocycles. The Kier molecular flexibility index (Phi) is 3.50. The third-order valence-electron chi connectivity index (χ3n) is 2.50. The van der Waals surface area contributed by atoms with Crippen LogP contribution in [0.2, 0.25) is 0 Å². The molecule has 1 rings (SSSR count). The number of halogens is 2. The van der Waals surface area contributed by atoms with Crippen LogP contribution in [0.1, 0.15) is 20.8 Å². The molecule has 0 saturated carbocycles. The van der Waals surface area contributed by atoms with E-state index in [2.05, 4.69) is 5.32 Å². The van der Waals surface area contributed by atoms with Gasteiger partial charge in [0.15, 0.2) is 11.6 Å². The molecule has 0 aliphatic rings. The van der Waals surface area contributed by atoms with E-state index in [9.17, 15) is 8.78 Å². The number of rotatable bonds is 3. The molecule has 1 unspecified atom stereocenters. The zero-order valence-corrected chi connectivity index (χ0v) is 9.14. The standard InChI is InChI=1S/C11H16F2N2/c1-6(2)7(3)15-11-9(14)5-4-8(12)10(11)13/h4-7,15H,14H2,1-3H3. The van der Waals surface area contributed by atoms with Crippen LogP contribution in [0.4, 0.5) is 20.2 Å². The average molecular weight is 214 g/mol. The Balaban J connectivity index is 2.98. The topological polar surface area (TPSA) is 38.0 Å². The molecule has 15 heavy (non-hydrogen) atoms. The number of hydrogen-bond donors (Lipinski definition) is 2. The van der Waals surface area contributed by atoms with Crippen molar-refractivity contribution in [3.05, 3.63) is 23.8 Å². The molecule has 1 atom stereocenters. The highest BCUT2D eigenvalue weighted by Crippen LogP contribution is 2.26. The lowest BCUT2D eigenvalue weighted by Crippen LogP contribution is -2.23. The van der Waals surface area contributed by atoms with Crippen molar-refractivity contribution in [2.24, 2.45) is 5.92 Å². The lowest BCUT2D eigenvalue weighted by molar-refractivity contribution is 0.504. The fourth-order valence-electron chi connectivity index (χ4n) is 1.11. The van der Waals surface area contributed by atoms with Gasteiger partial charge in [-0.1, -0.05) is 13.8 Å². The summed E-state index contributed by atoms with van der Waals surface area (Å²) in [5, 5.41) is 2.88. The van der Waals surface area contributed by atoms with Gasteiger partial charge >= 0.3 is 0 Å². The quantitative estimate of drug-likeness (QED) is 0.759. The third-order valence-corrected chi connectivity index (χ3v) is 2.50. The highest BCUT2D eigenvalue weighted by Gasteiger charge is 2.15. The smallest absolute Gasteiger partial charge is 0.183 e. The number of nitrogens with two attached hydrogens (primary N) is 1. The van der Waals surface area contributed by atoms with Gasteiger partial charge < -0.3 is 11.1 Å². The van der Waals surface area contributed by atoms with E-state index < -0.39 is 11.6 Å². The van der Waals surface area contributed by atoms with E-state index in [0.717, 1.165) is 6.07 Å². The van der Waals surface area contributed by atoms with E-state index in [1.54, 1.807) is 0 Å². The van der Waals surface area contributed by atoms with Gasteiger partial charge in [-0.15, -0.1) is 0 Å². The van der Waals surface area contributed by atoms with Crippen LogP contribution >= 0.6 is 0 Å². The van der Waals surface area contributed by atoms with Crippen LogP contribution in [0.25, 0.3) is 0 Å². The number of nitrogens with one attached hydrogen (secondary N) is 1. The monoisotopic (exact) mass is 214 g/mol. The van der Waals surface area contributed by atoms with Crippen molar-refractivity contribution < 1.29 is 8.78 Å². The summed E-state index contributed by atoms with van der Waals surface area (Å²) < 4.78 is 26.3. The SMILES string of the molecule is CC(C)C(C)Nc1c(N)ccc(F)c1F. The third kappa shape index (κ3) is 2.58. The average Bonchev–Trinajstić information content (AvgIpc) is 2.18. The summed E-state index contributed by atoms with van der Waals surface area (Å²) in [6.45, 7) is 5.88. The maximum atomic E-state index is 13.4. The maximum absolute atomic E-state index is 13.4. The minimum Gasteiger partial charge on any atom is -0.397 e. The van der Waals surface area contributed by atoms with Crippen LogP contribution in [-0.4, -0.2) is 6.04 Å². The molecule has 1 aromatic carbocycles. The summed E-state index contributed by atoms with van der Waals surface area (Å²) in [4.78, 5) is 0. The van der Waals surface area contributed by atoms with E-state index in [-0.39, 0.29) is 17.4 Å². The van der Waals surface area contributed by atoms with E-state index in [1.807, 2.05) is 20.8 Å². The van der Waals surface area contributed by atoms with Crippen molar-refractivity contribution >= 4 is 11.4 Å². The minimum absolute atomic E-state index is 0.0311. The molecule has 0 fully saturated rings. The lowest BCUT2D eigenvalue weighted by Gasteiger charge is -2.20. The first-order valence-electron chi connectivity index (χ1n) is 4.93. The molecule has 0 aliphatic carbocycles. The van der Waals surface area contributed by atoms with Crippen molar-refractivity contribution in [2.75, 3.05) is 11.1 Å². The van der Waals surface area contributed by atoms with E-state index in [4.69, 9.17) is 5.73 Å². The first-order valence-corrected chi connectivity index (χ1v) is 4.93. The Bertz CT molecular complexity index is 351. The molecule has 84 valence electrons. The van der Waals surface area contributed by atoms with Crippen LogP contribution in [0.3, 0.4) is 0 Å². The Morgan fingerprint density at radius 3 is 2.33 bits per heavy atom. The Hall–Kier alpha value is -1.32. The molecule has 0 saturated heterocycles. The fraction of sp³-hybridized carbons (Fsp3) is 0.455. The van der Waals surface area contributed by atoms with Crippen LogP contribution in [0, 0.1) is 17.6 Å². The Morgan fingerprint density at radius 2 is 1.80 bits per heavy atom. The molecule has 0 heterocycles. The van der Waals surface area contributed by atoms with Gasteiger partial charge in [-0.25, -0.2) is 8.78 Å². The molecule has 3 N–H and O–H groups in total. The molecular weight excluding hydrogens is 198 g/mol. The zero-order valence-electron chi connectivity index (χ0n) is 9.14. The van der Waals surface area contributed by atoms with Gasteiger partial charge in [0.05, 0.1) is 11.4 Å². The van der Waals surface area contributed by atoms with Crippen LogP contribution in [0.5, 0.6) is 0 Å². The van der Waals surface area contributed by atoms with Gasteiger partial charge in [0.25, 0.3) is 0 Å². The van der Waals surface area contributed by atoms with Crippen molar-refractivity contribution in [3.63, 3.8) is 0 Å². The number of benzene rings is 1. The first kappa shape index (κ1) is 11.8. The first-order chi connectivity index (χ1) is 6.93. The molecule has 0 spiro atoms. The second-order valence-electron chi connectivity index (χ2n) is 4.00. The number of hydrogen-bond acceptors (Lipinski definition) is 2. The second kappa shape index (κ2) is 4.47. The van der Waals surface area contributed by atoms with Gasteiger partial charge in [0.2, 0.25) is 0 Å². The highest BCUT2D eigenvalue weighted by molar-refractivity contribution is 5.67. The fourth-order valence-corrected chi connectivity index (χ4v) is 1.11. The molecule has 1 aromatic rings. The predicted octanol–water partition coefficient (Wildman–Crippen LogP) is 3.00. The highest BCUT2D eigenvalue weighted by atomic mass is 19.2. The van der Waals surface area contributed by atoms with Crippen LogP contribution in [0.15, 0.2) is 12.1 Å². The summed E-state index contributed by atoms with van der Waals surface area (Å²) in [5.74, 6) is -1.49. The van der Waals surface area contributed by atoms with Crippen molar-refractivity contribution in [3.8, 4) is 0 Å². The summed E-state index contributed by atoms with van der Waals surface area (Å²) in [5.41, 5.74) is 5.85. The van der Waals surface area contributed by atoms with E-state index in [1.165, 1.54) is 6.07 Å². The summed E-state index contributed by atoms with van der Waals surface area (Å²) >= 11 is 0. The normalized spacial score (nSPS) is 12.9. The summed E-state index contributed by atoms with van der Waals surface area (Å²) in [7, 11) is 0. The largest absolute Gasteiger partial charge is 0.397 e. The summed E-state index contributed by atoms with van der Waals surface area (Å²) in [6, 6.07) is 2.41. The Labute approximate surface area is 88.5 Å². The predicted molar refractivity (Wildman–Crippen MR) is 58.7 cm³/mol. The molecule has 0 amide bonds. The van der Waals surface area contributed by atoms with Crippen molar-refractivity contribution in [2.45, 2.75) is 26.8 Å². The van der Waals surface area contributed by atoms with Crippen LogP contribution in [-0.2, 0) is 0 Å². The molecule has 0 bridgehead atoms. The lowest BCUT2D eigenvalue weighted by atomic mass is 10.1. The van der Waals surface area contributed by atoms with Gasteiger partial charge in [0, 0.05) is 6.04 Å². The van der Waals surface area contributed by atoms with Crippen LogP contribution < -0.4 is 11.1 Å². The molecule has 0 aromatic heterocycles. The molecular formula is C11H16F2N2. The maximum Gasteiger partial charge on any atom is 0.183 e. The molecule has 4 heteroatoms. The van der Waals surface area contributed by atoms with E-state index in [0.29, 0.717) is 5.92 Å².